The number of hydrogen-bond acceptors (Lipinski definition) is 8. The second kappa shape index (κ2) is 10.3. The fraction of sp³-hybridized carbons (Fsp3) is 0.889. The van der Waals surface area contributed by atoms with Crippen LogP contribution in [0.5, 0.6) is 0 Å². The summed E-state index contributed by atoms with van der Waals surface area (Å²) in [6.07, 6.45) is 5.50. The van der Waals surface area contributed by atoms with Crippen LogP contribution in [0.3, 0.4) is 0 Å². The van der Waals surface area contributed by atoms with Crippen LogP contribution in [0.25, 0.3) is 0 Å². The standard InChI is InChI=1S/C36H56O8/c1-31(2)24-9-12-36(7)28(34(24,5)11-10-25(31)43-26-18-22(37)27(39)29(40)44-26)23(38)17-20-21-19-33(4,30(41)42-8)14-13-32(21,3)15-16-35(20,36)6/h17,21-22,24-29,37,39-40H,9-16,18-19H2,1-8H3/t21-,22+,24-,25-,26?,27+,28+,29?,32+,33-,34-,35+,36+/m0/s1. The molecule has 5 fully saturated rings. The monoisotopic (exact) mass is 616 g/mol. The third kappa shape index (κ3) is 4.40. The van der Waals surface area contributed by atoms with Gasteiger partial charge in [0, 0.05) is 12.3 Å². The van der Waals surface area contributed by atoms with Crippen molar-refractivity contribution in [2.24, 2.45) is 50.2 Å². The van der Waals surface area contributed by atoms with Crippen molar-refractivity contribution in [3.8, 4) is 0 Å². The largest absolute Gasteiger partial charge is 0.469 e. The van der Waals surface area contributed by atoms with E-state index < -0.39 is 30.2 Å². The number of aliphatic hydroxyl groups is 3. The summed E-state index contributed by atoms with van der Waals surface area (Å²) in [5, 5.41) is 30.2. The summed E-state index contributed by atoms with van der Waals surface area (Å²) in [7, 11) is 1.49. The van der Waals surface area contributed by atoms with Gasteiger partial charge in [0.15, 0.2) is 18.4 Å². The molecule has 0 amide bonds. The maximum absolute atomic E-state index is 14.6. The normalized spacial score (nSPS) is 53.3. The van der Waals surface area contributed by atoms with Gasteiger partial charge in [0.25, 0.3) is 0 Å². The number of rotatable bonds is 3. The van der Waals surface area contributed by atoms with Gasteiger partial charge in [0.1, 0.15) is 6.10 Å². The molecular formula is C36H56O8. The predicted molar refractivity (Wildman–Crippen MR) is 164 cm³/mol. The third-order valence-electron chi connectivity index (χ3n) is 14.9. The van der Waals surface area contributed by atoms with Crippen LogP contribution in [0, 0.1) is 50.2 Å². The summed E-state index contributed by atoms with van der Waals surface area (Å²) < 4.78 is 17.3. The first-order valence-corrected chi connectivity index (χ1v) is 17.1. The number of ether oxygens (including phenoxy) is 3. The van der Waals surface area contributed by atoms with Crippen molar-refractivity contribution in [3.63, 3.8) is 0 Å². The molecule has 13 atom stereocenters. The molecule has 44 heavy (non-hydrogen) atoms. The summed E-state index contributed by atoms with van der Waals surface area (Å²) in [4.78, 5) is 27.6. The lowest BCUT2D eigenvalue weighted by atomic mass is 9.33. The molecule has 1 aliphatic heterocycles. The van der Waals surface area contributed by atoms with Gasteiger partial charge in [0.2, 0.25) is 0 Å². The van der Waals surface area contributed by atoms with Crippen molar-refractivity contribution in [1.29, 1.82) is 0 Å². The summed E-state index contributed by atoms with van der Waals surface area (Å²) >= 11 is 0. The van der Waals surface area contributed by atoms with E-state index in [1.165, 1.54) is 12.7 Å². The van der Waals surface area contributed by atoms with Crippen LogP contribution in [0.4, 0.5) is 0 Å². The van der Waals surface area contributed by atoms with Crippen LogP contribution in [0.1, 0.15) is 113 Å². The first-order valence-electron chi connectivity index (χ1n) is 17.1. The van der Waals surface area contributed by atoms with Crippen LogP contribution in [-0.4, -0.2) is 65.1 Å². The summed E-state index contributed by atoms with van der Waals surface area (Å²) in [5.74, 6) is 0.447. The molecule has 3 N–H and O–H groups in total. The van der Waals surface area contributed by atoms with Crippen molar-refractivity contribution < 1.29 is 39.1 Å². The molecule has 2 unspecified atom stereocenters. The molecule has 8 heteroatoms. The minimum atomic E-state index is -1.48. The van der Waals surface area contributed by atoms with Gasteiger partial charge in [0.05, 0.1) is 24.7 Å². The topological polar surface area (TPSA) is 123 Å². The fourth-order valence-electron chi connectivity index (χ4n) is 11.9. The second-order valence-corrected chi connectivity index (χ2v) is 17.5. The van der Waals surface area contributed by atoms with Crippen molar-refractivity contribution in [2.45, 2.75) is 144 Å². The second-order valence-electron chi connectivity index (χ2n) is 17.5. The van der Waals surface area contributed by atoms with Gasteiger partial charge in [-0.1, -0.05) is 47.1 Å². The number of carbonyl (C=O) groups is 2. The molecule has 248 valence electrons. The molecule has 6 rings (SSSR count). The quantitative estimate of drug-likeness (QED) is 0.288. The number of methoxy groups -OCH3 is 1. The van der Waals surface area contributed by atoms with Gasteiger partial charge < -0.3 is 29.5 Å². The van der Waals surface area contributed by atoms with Crippen molar-refractivity contribution in [1.82, 2.24) is 0 Å². The highest BCUT2D eigenvalue weighted by atomic mass is 16.7. The molecule has 0 bridgehead atoms. The van der Waals surface area contributed by atoms with Crippen LogP contribution < -0.4 is 0 Å². The molecular weight excluding hydrogens is 560 g/mol. The Bertz CT molecular complexity index is 1220. The molecule has 1 saturated heterocycles. The van der Waals surface area contributed by atoms with E-state index in [1.54, 1.807) is 0 Å². The number of fused-ring (bicyclic) bond motifs is 7. The third-order valence-corrected chi connectivity index (χ3v) is 14.9. The van der Waals surface area contributed by atoms with Gasteiger partial charge in [-0.2, -0.15) is 0 Å². The minimum absolute atomic E-state index is 0.0826. The molecule has 5 aliphatic carbocycles. The van der Waals surface area contributed by atoms with E-state index in [2.05, 4.69) is 48.5 Å². The Labute approximate surface area is 263 Å². The Kier molecular flexibility index (Phi) is 7.66. The summed E-state index contributed by atoms with van der Waals surface area (Å²) in [6.45, 7) is 16.1. The van der Waals surface area contributed by atoms with Crippen LogP contribution in [0.15, 0.2) is 11.6 Å². The van der Waals surface area contributed by atoms with Crippen molar-refractivity contribution in [3.05, 3.63) is 11.6 Å². The number of ketones is 1. The SMILES string of the molecule is COC(=O)[C@@]1(C)CC[C@]2(C)CC[C@]3(C)C(=CC(=O)[C@@H]4[C@@]5(C)CC[C@H](OC6C[C@@H](O)[C@@H](O)C(O)O6)C(C)(C)[C@@H]5CC[C@]43C)[C@@H]2C1. The molecule has 0 aromatic rings. The van der Waals surface area contributed by atoms with E-state index in [4.69, 9.17) is 14.2 Å². The van der Waals surface area contributed by atoms with Crippen LogP contribution >= 0.6 is 0 Å². The first kappa shape index (κ1) is 32.6. The zero-order valence-electron chi connectivity index (χ0n) is 28.2. The zero-order chi connectivity index (χ0) is 32.3. The van der Waals surface area contributed by atoms with E-state index in [0.717, 1.165) is 57.8 Å². The predicted octanol–water partition coefficient (Wildman–Crippen LogP) is 5.31. The molecule has 0 aromatic heterocycles. The Morgan fingerprint density at radius 2 is 1.61 bits per heavy atom. The fourth-order valence-corrected chi connectivity index (χ4v) is 11.9. The zero-order valence-corrected chi connectivity index (χ0v) is 28.2. The lowest BCUT2D eigenvalue weighted by Crippen LogP contribution is -2.67. The number of carbonyl (C=O) groups excluding carboxylic acids is 2. The van der Waals surface area contributed by atoms with Crippen LogP contribution in [0.2, 0.25) is 0 Å². The number of esters is 1. The highest BCUT2D eigenvalue weighted by Crippen LogP contribution is 2.75. The van der Waals surface area contributed by atoms with Gasteiger partial charge in [-0.25, -0.2) is 0 Å². The molecule has 6 aliphatic rings. The van der Waals surface area contributed by atoms with E-state index in [-0.39, 0.29) is 69.1 Å². The maximum Gasteiger partial charge on any atom is 0.311 e. The molecule has 4 saturated carbocycles. The molecule has 0 aromatic carbocycles. The molecule has 0 spiro atoms. The average molecular weight is 617 g/mol. The van der Waals surface area contributed by atoms with E-state index in [0.29, 0.717) is 0 Å². The molecule has 1 heterocycles. The van der Waals surface area contributed by atoms with Gasteiger partial charge >= 0.3 is 5.97 Å². The Morgan fingerprint density at radius 3 is 2.27 bits per heavy atom. The van der Waals surface area contributed by atoms with Gasteiger partial charge in [-0.05, 0) is 110 Å². The van der Waals surface area contributed by atoms with Gasteiger partial charge in [-0.15, -0.1) is 0 Å². The Balaban J connectivity index is 1.31. The number of hydrogen-bond donors (Lipinski definition) is 3. The maximum atomic E-state index is 14.6. The lowest BCUT2D eigenvalue weighted by Gasteiger charge is -2.70. The van der Waals surface area contributed by atoms with Crippen LogP contribution in [-0.2, 0) is 23.8 Å². The number of allylic oxidation sites excluding steroid dienone is 2. The Morgan fingerprint density at radius 1 is 0.932 bits per heavy atom. The van der Waals surface area contributed by atoms with E-state index >= 15 is 0 Å². The van der Waals surface area contributed by atoms with E-state index in [9.17, 15) is 24.9 Å². The van der Waals surface area contributed by atoms with Crippen molar-refractivity contribution >= 4 is 11.8 Å². The van der Waals surface area contributed by atoms with E-state index in [1.807, 2.05) is 6.08 Å². The number of aliphatic hydroxyl groups excluding tert-OH is 3. The Hall–Kier alpha value is -1.32. The first-order chi connectivity index (χ1) is 20.4. The van der Waals surface area contributed by atoms with Crippen molar-refractivity contribution in [2.75, 3.05) is 7.11 Å². The molecule has 8 nitrogen and oxygen atoms in total. The molecule has 0 radical (unpaired) electrons. The highest BCUT2D eigenvalue weighted by molar-refractivity contribution is 5.95. The summed E-state index contributed by atoms with van der Waals surface area (Å²) in [5.41, 5.74) is 0.0349. The summed E-state index contributed by atoms with van der Waals surface area (Å²) in [6, 6.07) is 0. The van der Waals surface area contributed by atoms with Gasteiger partial charge in [-0.3, -0.25) is 9.59 Å². The highest BCUT2D eigenvalue weighted by Gasteiger charge is 2.70. The minimum Gasteiger partial charge on any atom is -0.469 e. The lowest BCUT2D eigenvalue weighted by molar-refractivity contribution is -0.330. The average Bonchev–Trinajstić information content (AvgIpc) is 2.94. The smallest absolute Gasteiger partial charge is 0.311 e.